The highest BCUT2D eigenvalue weighted by Crippen LogP contribution is 2.44. The van der Waals surface area contributed by atoms with Crippen LogP contribution in [0.25, 0.3) is 0 Å². The first-order valence-electron chi connectivity index (χ1n) is 9.25. The Bertz CT molecular complexity index is 403. The smallest absolute Gasteiger partial charge is 0.248 e. The van der Waals surface area contributed by atoms with Crippen LogP contribution in [0.2, 0.25) is 0 Å². The minimum atomic E-state index is 0.148. The maximum Gasteiger partial charge on any atom is 0.248 e. The summed E-state index contributed by atoms with van der Waals surface area (Å²) in [4.78, 5) is 16.6. The molecule has 2 aliphatic heterocycles. The SMILES string of the molecule is CCOCC(=O)N1CCC2(CC1)CN(C)CC2COCC1CC1. The quantitative estimate of drug-likeness (QED) is 0.714. The van der Waals surface area contributed by atoms with Gasteiger partial charge in [-0.3, -0.25) is 4.79 Å². The van der Waals surface area contributed by atoms with Crippen LogP contribution in [-0.2, 0) is 14.3 Å². The van der Waals surface area contributed by atoms with Crippen LogP contribution in [-0.4, -0.2) is 75.4 Å². The summed E-state index contributed by atoms with van der Waals surface area (Å²) in [6, 6.07) is 0. The summed E-state index contributed by atoms with van der Waals surface area (Å²) in [6.07, 6.45) is 4.92. The molecule has 1 saturated carbocycles. The van der Waals surface area contributed by atoms with Gasteiger partial charge in [0.05, 0.1) is 6.61 Å². The minimum absolute atomic E-state index is 0.148. The number of rotatable bonds is 7. The lowest BCUT2D eigenvalue weighted by Gasteiger charge is -2.42. The van der Waals surface area contributed by atoms with Gasteiger partial charge in [-0.1, -0.05) is 0 Å². The number of amides is 1. The summed E-state index contributed by atoms with van der Waals surface area (Å²) in [7, 11) is 2.22. The molecule has 1 amide bonds. The number of carbonyl (C=O) groups is 1. The van der Waals surface area contributed by atoms with E-state index >= 15 is 0 Å². The molecule has 2 heterocycles. The minimum Gasteiger partial charge on any atom is -0.381 e. The fraction of sp³-hybridized carbons (Fsp3) is 0.944. The molecule has 0 N–H and O–H groups in total. The van der Waals surface area contributed by atoms with Gasteiger partial charge in [-0.15, -0.1) is 0 Å². The van der Waals surface area contributed by atoms with Crippen LogP contribution in [0, 0.1) is 17.3 Å². The van der Waals surface area contributed by atoms with E-state index in [4.69, 9.17) is 9.47 Å². The zero-order valence-electron chi connectivity index (χ0n) is 14.8. The van der Waals surface area contributed by atoms with Gasteiger partial charge in [0.1, 0.15) is 6.61 Å². The van der Waals surface area contributed by atoms with Gasteiger partial charge in [-0.25, -0.2) is 0 Å². The molecular weight excluding hydrogens is 292 g/mol. The van der Waals surface area contributed by atoms with Gasteiger partial charge in [0.2, 0.25) is 5.91 Å². The molecule has 1 spiro atoms. The first kappa shape index (κ1) is 17.2. The van der Waals surface area contributed by atoms with Crippen LogP contribution >= 0.6 is 0 Å². The Morgan fingerprint density at radius 1 is 1.17 bits per heavy atom. The predicted octanol–water partition coefficient (Wildman–Crippen LogP) is 1.62. The zero-order valence-corrected chi connectivity index (χ0v) is 14.8. The maximum absolute atomic E-state index is 12.1. The summed E-state index contributed by atoms with van der Waals surface area (Å²) in [5, 5.41) is 0. The summed E-state index contributed by atoms with van der Waals surface area (Å²) >= 11 is 0. The third-order valence-electron chi connectivity index (χ3n) is 5.89. The van der Waals surface area contributed by atoms with Crippen molar-refractivity contribution >= 4 is 5.91 Å². The summed E-state index contributed by atoms with van der Waals surface area (Å²) in [5.41, 5.74) is 0.348. The Morgan fingerprint density at radius 2 is 1.91 bits per heavy atom. The van der Waals surface area contributed by atoms with Crippen molar-refractivity contribution in [3.8, 4) is 0 Å². The molecule has 0 aromatic carbocycles. The highest BCUT2D eigenvalue weighted by Gasteiger charge is 2.47. The van der Waals surface area contributed by atoms with Gasteiger partial charge in [-0.2, -0.15) is 0 Å². The Labute approximate surface area is 140 Å². The van der Waals surface area contributed by atoms with Crippen LogP contribution in [0.4, 0.5) is 0 Å². The predicted molar refractivity (Wildman–Crippen MR) is 89.3 cm³/mol. The number of hydrogen-bond donors (Lipinski definition) is 0. The van der Waals surface area contributed by atoms with Crippen LogP contribution in [0.3, 0.4) is 0 Å². The summed E-state index contributed by atoms with van der Waals surface area (Å²) in [5.74, 6) is 1.60. The zero-order chi connectivity index (χ0) is 16.3. The van der Waals surface area contributed by atoms with E-state index in [1.165, 1.54) is 12.8 Å². The molecule has 5 nitrogen and oxygen atoms in total. The standard InChI is InChI=1S/C18H32N2O3/c1-3-22-13-17(21)20-8-6-18(7-9-20)14-19(2)10-16(18)12-23-11-15-4-5-15/h15-16H,3-14H2,1-2H3. The molecule has 3 aliphatic rings. The number of carbonyl (C=O) groups excluding carboxylic acids is 1. The molecule has 0 aromatic rings. The highest BCUT2D eigenvalue weighted by atomic mass is 16.5. The van der Waals surface area contributed by atoms with E-state index < -0.39 is 0 Å². The van der Waals surface area contributed by atoms with Gasteiger partial charge >= 0.3 is 0 Å². The molecule has 2 saturated heterocycles. The van der Waals surface area contributed by atoms with E-state index in [-0.39, 0.29) is 12.5 Å². The molecule has 1 aliphatic carbocycles. The van der Waals surface area contributed by atoms with E-state index in [1.54, 1.807) is 0 Å². The normalized spacial score (nSPS) is 27.7. The third kappa shape index (κ3) is 4.25. The largest absolute Gasteiger partial charge is 0.381 e. The lowest BCUT2D eigenvalue weighted by atomic mass is 9.71. The molecule has 0 aromatic heterocycles. The molecule has 3 fully saturated rings. The number of hydrogen-bond acceptors (Lipinski definition) is 4. The van der Waals surface area contributed by atoms with Crippen molar-refractivity contribution in [1.82, 2.24) is 9.80 Å². The third-order valence-corrected chi connectivity index (χ3v) is 5.89. The topological polar surface area (TPSA) is 42.0 Å². The van der Waals surface area contributed by atoms with Crippen molar-refractivity contribution in [2.75, 3.05) is 59.7 Å². The van der Waals surface area contributed by atoms with E-state index in [2.05, 4.69) is 11.9 Å². The van der Waals surface area contributed by atoms with Crippen molar-refractivity contribution in [3.63, 3.8) is 0 Å². The van der Waals surface area contributed by atoms with Crippen molar-refractivity contribution in [1.29, 1.82) is 0 Å². The van der Waals surface area contributed by atoms with Crippen LogP contribution in [0.5, 0.6) is 0 Å². The molecule has 0 bridgehead atoms. The fourth-order valence-electron chi connectivity index (χ4n) is 4.24. The van der Waals surface area contributed by atoms with Crippen LogP contribution in [0.15, 0.2) is 0 Å². The summed E-state index contributed by atoms with van der Waals surface area (Å²) in [6.45, 7) is 8.65. The van der Waals surface area contributed by atoms with Gasteiger partial charge in [-0.05, 0) is 51.0 Å². The summed E-state index contributed by atoms with van der Waals surface area (Å²) < 4.78 is 11.3. The molecule has 1 atom stereocenters. The molecule has 0 radical (unpaired) electrons. The highest BCUT2D eigenvalue weighted by molar-refractivity contribution is 5.77. The van der Waals surface area contributed by atoms with E-state index in [1.807, 2.05) is 11.8 Å². The van der Waals surface area contributed by atoms with Crippen LogP contribution < -0.4 is 0 Å². The van der Waals surface area contributed by atoms with Gasteiger partial charge in [0.15, 0.2) is 0 Å². The second kappa shape index (κ2) is 7.49. The first-order chi connectivity index (χ1) is 11.1. The second-order valence-corrected chi connectivity index (χ2v) is 7.75. The van der Waals surface area contributed by atoms with E-state index in [0.717, 1.165) is 58.2 Å². The molecule has 132 valence electrons. The van der Waals surface area contributed by atoms with Crippen molar-refractivity contribution in [2.24, 2.45) is 17.3 Å². The molecular formula is C18H32N2O3. The van der Waals surface area contributed by atoms with Crippen molar-refractivity contribution < 1.29 is 14.3 Å². The monoisotopic (exact) mass is 324 g/mol. The second-order valence-electron chi connectivity index (χ2n) is 7.75. The Hall–Kier alpha value is -0.650. The Morgan fingerprint density at radius 3 is 2.57 bits per heavy atom. The number of likely N-dealkylation sites (tertiary alicyclic amines) is 2. The average Bonchev–Trinajstić information content (AvgIpc) is 3.31. The molecule has 1 unspecified atom stereocenters. The lowest BCUT2D eigenvalue weighted by molar-refractivity contribution is -0.138. The first-order valence-corrected chi connectivity index (χ1v) is 9.25. The average molecular weight is 324 g/mol. The fourth-order valence-corrected chi connectivity index (χ4v) is 4.24. The number of nitrogens with zero attached hydrogens (tertiary/aromatic N) is 2. The van der Waals surface area contributed by atoms with Crippen molar-refractivity contribution in [3.05, 3.63) is 0 Å². The van der Waals surface area contributed by atoms with E-state index in [0.29, 0.717) is 17.9 Å². The lowest BCUT2D eigenvalue weighted by Crippen LogP contribution is -2.48. The molecule has 3 rings (SSSR count). The van der Waals surface area contributed by atoms with Gasteiger partial charge < -0.3 is 19.3 Å². The Balaban J connectivity index is 1.50. The Kier molecular flexibility index (Phi) is 5.60. The molecule has 5 heteroatoms. The number of ether oxygens (including phenoxy) is 2. The van der Waals surface area contributed by atoms with Crippen molar-refractivity contribution in [2.45, 2.75) is 32.6 Å². The van der Waals surface area contributed by atoms with Gasteiger partial charge in [0.25, 0.3) is 0 Å². The number of piperidine rings is 1. The van der Waals surface area contributed by atoms with E-state index in [9.17, 15) is 4.79 Å². The molecule has 23 heavy (non-hydrogen) atoms. The maximum atomic E-state index is 12.1. The van der Waals surface area contributed by atoms with Gasteiger partial charge in [0, 0.05) is 45.3 Å². The van der Waals surface area contributed by atoms with Crippen LogP contribution in [0.1, 0.15) is 32.6 Å².